The molecule has 0 radical (unpaired) electrons. The molecule has 2 aromatic rings. The van der Waals surface area contributed by atoms with Crippen LogP contribution in [0.1, 0.15) is 47.0 Å². The second-order valence-corrected chi connectivity index (χ2v) is 9.00. The second kappa shape index (κ2) is 6.82. The molecule has 136 valence electrons. The number of hydrogen-bond donors (Lipinski definition) is 0. The van der Waals surface area contributed by atoms with Crippen molar-refractivity contribution < 1.29 is 4.52 Å². The minimum absolute atomic E-state index is 0.461. The standard InChI is InChI=1S/C19H28N4OS/c1-14-18(15(2)24-21-14)10-22-7-4-5-19(12-22)6-8-23(13-19)9-17-11-25-16(3)20-17/h11H,4-10,12-13H2,1-3H3. The Morgan fingerprint density at radius 1 is 1.12 bits per heavy atom. The highest BCUT2D eigenvalue weighted by Gasteiger charge is 2.41. The summed E-state index contributed by atoms with van der Waals surface area (Å²) in [7, 11) is 0. The van der Waals surface area contributed by atoms with Crippen LogP contribution in [0.2, 0.25) is 0 Å². The molecule has 2 aliphatic rings. The van der Waals surface area contributed by atoms with E-state index in [-0.39, 0.29) is 0 Å². The molecule has 2 fully saturated rings. The van der Waals surface area contributed by atoms with Crippen LogP contribution in [0.4, 0.5) is 0 Å². The van der Waals surface area contributed by atoms with Crippen LogP contribution in [0.5, 0.6) is 0 Å². The molecule has 1 spiro atoms. The van der Waals surface area contributed by atoms with E-state index in [9.17, 15) is 0 Å². The Morgan fingerprint density at radius 3 is 2.60 bits per heavy atom. The first kappa shape index (κ1) is 17.2. The van der Waals surface area contributed by atoms with Gasteiger partial charge in [-0.3, -0.25) is 9.80 Å². The van der Waals surface area contributed by atoms with E-state index >= 15 is 0 Å². The number of likely N-dealkylation sites (tertiary alicyclic amines) is 2. The van der Waals surface area contributed by atoms with Crippen LogP contribution in [0.15, 0.2) is 9.90 Å². The number of aromatic nitrogens is 2. The van der Waals surface area contributed by atoms with Crippen molar-refractivity contribution in [3.63, 3.8) is 0 Å². The van der Waals surface area contributed by atoms with Crippen LogP contribution < -0.4 is 0 Å². The summed E-state index contributed by atoms with van der Waals surface area (Å²) in [5.74, 6) is 0.976. The van der Waals surface area contributed by atoms with Crippen molar-refractivity contribution in [1.29, 1.82) is 0 Å². The third-order valence-electron chi connectivity index (χ3n) is 5.87. The lowest BCUT2D eigenvalue weighted by Gasteiger charge is -2.40. The van der Waals surface area contributed by atoms with Gasteiger partial charge in [0.05, 0.1) is 16.4 Å². The highest BCUT2D eigenvalue weighted by Crippen LogP contribution is 2.40. The molecule has 2 saturated heterocycles. The van der Waals surface area contributed by atoms with E-state index in [0.29, 0.717) is 5.41 Å². The lowest BCUT2D eigenvalue weighted by atomic mass is 9.79. The van der Waals surface area contributed by atoms with Gasteiger partial charge < -0.3 is 4.52 Å². The predicted molar refractivity (Wildman–Crippen MR) is 99.7 cm³/mol. The minimum atomic E-state index is 0.461. The lowest BCUT2D eigenvalue weighted by molar-refractivity contribution is 0.0860. The molecule has 0 N–H and O–H groups in total. The van der Waals surface area contributed by atoms with E-state index in [0.717, 1.165) is 24.5 Å². The molecule has 1 unspecified atom stereocenters. The average Bonchev–Trinajstić information content (AvgIpc) is 3.25. The molecule has 0 saturated carbocycles. The molecular formula is C19H28N4OS. The van der Waals surface area contributed by atoms with E-state index in [1.165, 1.54) is 61.7 Å². The molecule has 4 heterocycles. The van der Waals surface area contributed by atoms with Gasteiger partial charge in [-0.25, -0.2) is 4.98 Å². The van der Waals surface area contributed by atoms with E-state index in [2.05, 4.69) is 39.2 Å². The molecule has 2 aliphatic heterocycles. The average molecular weight is 361 g/mol. The topological polar surface area (TPSA) is 45.4 Å². The number of rotatable bonds is 4. The number of piperidine rings is 1. The third-order valence-corrected chi connectivity index (χ3v) is 6.70. The maximum Gasteiger partial charge on any atom is 0.138 e. The van der Waals surface area contributed by atoms with Crippen LogP contribution in [-0.2, 0) is 13.1 Å². The van der Waals surface area contributed by atoms with Crippen molar-refractivity contribution >= 4 is 11.3 Å². The maximum atomic E-state index is 5.35. The zero-order valence-electron chi connectivity index (χ0n) is 15.5. The fraction of sp³-hybridized carbons (Fsp3) is 0.684. The number of thiazole rings is 1. The van der Waals surface area contributed by atoms with Gasteiger partial charge in [-0.05, 0) is 58.5 Å². The summed E-state index contributed by atoms with van der Waals surface area (Å²) in [6.45, 7) is 13.0. The Hall–Kier alpha value is -1.24. The van der Waals surface area contributed by atoms with Crippen LogP contribution in [0, 0.1) is 26.2 Å². The fourth-order valence-electron chi connectivity index (χ4n) is 4.60. The van der Waals surface area contributed by atoms with Crippen LogP contribution in [0.3, 0.4) is 0 Å². The van der Waals surface area contributed by atoms with E-state index in [1.54, 1.807) is 11.3 Å². The Labute approximate surface area is 154 Å². The van der Waals surface area contributed by atoms with Crippen molar-refractivity contribution in [3.8, 4) is 0 Å². The smallest absolute Gasteiger partial charge is 0.138 e. The molecule has 0 aliphatic carbocycles. The van der Waals surface area contributed by atoms with Crippen molar-refractivity contribution in [3.05, 3.63) is 33.1 Å². The second-order valence-electron chi connectivity index (χ2n) is 7.94. The normalized spacial score (nSPS) is 25.2. The molecule has 0 aromatic carbocycles. The Morgan fingerprint density at radius 2 is 1.92 bits per heavy atom. The predicted octanol–water partition coefficient (Wildman–Crippen LogP) is 3.54. The van der Waals surface area contributed by atoms with Gasteiger partial charge in [0.15, 0.2) is 0 Å². The van der Waals surface area contributed by atoms with Gasteiger partial charge in [0.2, 0.25) is 0 Å². The van der Waals surface area contributed by atoms with Crippen LogP contribution in [0.25, 0.3) is 0 Å². The third kappa shape index (κ3) is 3.66. The molecule has 6 heteroatoms. The van der Waals surface area contributed by atoms with Gasteiger partial charge in [0, 0.05) is 37.1 Å². The molecular weight excluding hydrogens is 332 g/mol. The van der Waals surface area contributed by atoms with E-state index in [4.69, 9.17) is 4.52 Å². The number of nitrogens with zero attached hydrogens (tertiary/aromatic N) is 4. The first-order valence-corrected chi connectivity index (χ1v) is 10.2. The van der Waals surface area contributed by atoms with Gasteiger partial charge in [-0.2, -0.15) is 0 Å². The quantitative estimate of drug-likeness (QED) is 0.834. The Kier molecular flexibility index (Phi) is 4.69. The summed E-state index contributed by atoms with van der Waals surface area (Å²) < 4.78 is 5.35. The van der Waals surface area contributed by atoms with Gasteiger partial charge in [-0.1, -0.05) is 5.16 Å². The van der Waals surface area contributed by atoms with Crippen LogP contribution >= 0.6 is 11.3 Å². The molecule has 2 aromatic heterocycles. The maximum absolute atomic E-state index is 5.35. The lowest BCUT2D eigenvalue weighted by Crippen LogP contribution is -2.44. The molecule has 0 amide bonds. The zero-order valence-corrected chi connectivity index (χ0v) is 16.4. The monoisotopic (exact) mass is 360 g/mol. The van der Waals surface area contributed by atoms with Gasteiger partial charge in [0.1, 0.15) is 5.76 Å². The summed E-state index contributed by atoms with van der Waals surface area (Å²) in [5.41, 5.74) is 4.03. The van der Waals surface area contributed by atoms with Gasteiger partial charge in [0.25, 0.3) is 0 Å². The van der Waals surface area contributed by atoms with Gasteiger partial charge in [-0.15, -0.1) is 11.3 Å². The minimum Gasteiger partial charge on any atom is -0.361 e. The van der Waals surface area contributed by atoms with Crippen LogP contribution in [-0.4, -0.2) is 46.1 Å². The van der Waals surface area contributed by atoms with Crippen molar-refractivity contribution in [2.45, 2.75) is 53.1 Å². The zero-order chi connectivity index (χ0) is 17.4. The van der Waals surface area contributed by atoms with E-state index in [1.807, 2.05) is 6.92 Å². The summed E-state index contributed by atoms with van der Waals surface area (Å²) in [5, 5.41) is 7.50. The molecule has 4 rings (SSSR count). The SMILES string of the molecule is Cc1nc(CN2CCC3(CCCN(Cc4c(C)noc4C)C3)C2)cs1. The number of hydrogen-bond acceptors (Lipinski definition) is 6. The summed E-state index contributed by atoms with van der Waals surface area (Å²) >= 11 is 1.76. The summed E-state index contributed by atoms with van der Waals surface area (Å²) in [4.78, 5) is 9.86. The van der Waals surface area contributed by atoms with Crippen molar-refractivity contribution in [2.75, 3.05) is 26.2 Å². The fourth-order valence-corrected chi connectivity index (χ4v) is 5.21. The largest absolute Gasteiger partial charge is 0.361 e. The summed E-state index contributed by atoms with van der Waals surface area (Å²) in [6, 6.07) is 0. The Balaban J connectivity index is 1.39. The van der Waals surface area contributed by atoms with Gasteiger partial charge >= 0.3 is 0 Å². The molecule has 5 nitrogen and oxygen atoms in total. The van der Waals surface area contributed by atoms with E-state index < -0.39 is 0 Å². The number of aryl methyl sites for hydroxylation is 3. The molecule has 25 heavy (non-hydrogen) atoms. The highest BCUT2D eigenvalue weighted by molar-refractivity contribution is 7.09. The highest BCUT2D eigenvalue weighted by atomic mass is 32.1. The molecule has 1 atom stereocenters. The van der Waals surface area contributed by atoms with Crippen molar-refractivity contribution in [1.82, 2.24) is 19.9 Å². The first-order chi connectivity index (χ1) is 12.0. The Bertz CT molecular complexity index is 720. The summed E-state index contributed by atoms with van der Waals surface area (Å²) in [6.07, 6.45) is 3.97. The first-order valence-electron chi connectivity index (χ1n) is 9.30. The molecule has 0 bridgehead atoms. The van der Waals surface area contributed by atoms with Crippen molar-refractivity contribution in [2.24, 2.45) is 5.41 Å².